The van der Waals surface area contributed by atoms with Gasteiger partial charge in [-0.05, 0) is 31.7 Å². The van der Waals surface area contributed by atoms with Gasteiger partial charge < -0.3 is 5.32 Å². The summed E-state index contributed by atoms with van der Waals surface area (Å²) in [6, 6.07) is 0.460. The molecule has 21 heavy (non-hydrogen) atoms. The van der Waals surface area contributed by atoms with E-state index in [1.54, 1.807) is 6.92 Å². The number of hydrogen-bond acceptors (Lipinski definition) is 4. The summed E-state index contributed by atoms with van der Waals surface area (Å²) in [5.74, 6) is 0.567. The molecule has 1 N–H and O–H groups in total. The van der Waals surface area contributed by atoms with Gasteiger partial charge >= 0.3 is 0 Å². The highest BCUT2D eigenvalue weighted by Crippen LogP contribution is 2.30. The zero-order valence-corrected chi connectivity index (χ0v) is 15.5. The average Bonchev–Trinajstić information content (AvgIpc) is 2.37. The lowest BCUT2D eigenvalue weighted by atomic mass is 9.81. The summed E-state index contributed by atoms with van der Waals surface area (Å²) in [6.07, 6.45) is 1.83. The van der Waals surface area contributed by atoms with Gasteiger partial charge in [0.25, 0.3) is 0 Å². The molecule has 0 aliphatic carbocycles. The lowest BCUT2D eigenvalue weighted by Crippen LogP contribution is -2.65. The molecule has 2 atom stereocenters. The van der Waals surface area contributed by atoms with Gasteiger partial charge in [0.15, 0.2) is 0 Å². The van der Waals surface area contributed by atoms with Crippen LogP contribution >= 0.6 is 0 Å². The summed E-state index contributed by atoms with van der Waals surface area (Å²) >= 11 is 0. The second kappa shape index (κ2) is 6.97. The van der Waals surface area contributed by atoms with Crippen LogP contribution in [0.3, 0.4) is 0 Å². The molecule has 1 rings (SSSR count). The van der Waals surface area contributed by atoms with E-state index in [4.69, 9.17) is 0 Å². The molecule has 0 aromatic rings. The molecule has 4 nitrogen and oxygen atoms in total. The van der Waals surface area contributed by atoms with Crippen LogP contribution in [0.25, 0.3) is 0 Å². The molecule has 1 fully saturated rings. The predicted octanol–water partition coefficient (Wildman–Crippen LogP) is 2.30. The van der Waals surface area contributed by atoms with Crippen molar-refractivity contribution in [1.82, 2.24) is 10.2 Å². The molecule has 1 saturated heterocycles. The van der Waals surface area contributed by atoms with Gasteiger partial charge in [0.2, 0.25) is 0 Å². The van der Waals surface area contributed by atoms with E-state index in [-0.39, 0.29) is 16.7 Å². The van der Waals surface area contributed by atoms with Crippen LogP contribution in [0.15, 0.2) is 0 Å². The first-order valence-corrected chi connectivity index (χ1v) is 10.0. The second-order valence-corrected chi connectivity index (χ2v) is 10.2. The monoisotopic (exact) mass is 318 g/mol. The maximum Gasteiger partial charge on any atom is 0.150 e. The summed E-state index contributed by atoms with van der Waals surface area (Å²) in [5.41, 5.74) is 0.344. The van der Waals surface area contributed by atoms with E-state index in [2.05, 4.69) is 44.8 Å². The van der Waals surface area contributed by atoms with Gasteiger partial charge in [0.05, 0.1) is 5.75 Å². The molecule has 2 unspecified atom stereocenters. The highest BCUT2D eigenvalue weighted by atomic mass is 32.2. The third kappa shape index (κ3) is 5.53. The van der Waals surface area contributed by atoms with E-state index in [0.29, 0.717) is 11.8 Å². The predicted molar refractivity (Wildman–Crippen MR) is 90.5 cm³/mol. The van der Waals surface area contributed by atoms with Gasteiger partial charge in [-0.1, -0.05) is 34.6 Å². The minimum Gasteiger partial charge on any atom is -0.309 e. The zero-order chi connectivity index (χ0) is 16.3. The van der Waals surface area contributed by atoms with Crippen LogP contribution in [0.5, 0.6) is 0 Å². The van der Waals surface area contributed by atoms with Crippen molar-refractivity contribution in [2.24, 2.45) is 5.41 Å². The topological polar surface area (TPSA) is 49.4 Å². The number of nitrogens with one attached hydrogen (secondary N) is 1. The Morgan fingerprint density at radius 1 is 1.29 bits per heavy atom. The van der Waals surface area contributed by atoms with E-state index in [1.807, 2.05) is 0 Å². The Labute approximate surface area is 131 Å². The standard InChI is InChI=1S/C16H34N2O2S/c1-7-16(6)13-18(10-9-11-21(19,20)8-2)14(12-17-16)15(3,4)5/h14,17H,7-13H2,1-6H3. The van der Waals surface area contributed by atoms with Crippen molar-refractivity contribution in [3.63, 3.8) is 0 Å². The van der Waals surface area contributed by atoms with Gasteiger partial charge in [-0.15, -0.1) is 0 Å². The maximum absolute atomic E-state index is 11.7. The number of hydrogen-bond donors (Lipinski definition) is 1. The molecule has 1 aliphatic heterocycles. The quantitative estimate of drug-likeness (QED) is 0.816. The van der Waals surface area contributed by atoms with Gasteiger partial charge in [0, 0.05) is 30.4 Å². The molecular weight excluding hydrogens is 284 g/mol. The van der Waals surface area contributed by atoms with Crippen LogP contribution in [0.4, 0.5) is 0 Å². The molecule has 0 radical (unpaired) electrons. The van der Waals surface area contributed by atoms with Crippen molar-refractivity contribution in [2.45, 2.75) is 66.0 Å². The lowest BCUT2D eigenvalue weighted by molar-refractivity contribution is 0.0267. The molecule has 0 bridgehead atoms. The normalized spacial score (nSPS) is 28.8. The second-order valence-electron chi connectivity index (χ2n) is 7.74. The van der Waals surface area contributed by atoms with Crippen LogP contribution in [-0.4, -0.2) is 56.0 Å². The molecule has 0 aromatic carbocycles. The Morgan fingerprint density at radius 3 is 2.38 bits per heavy atom. The third-order valence-corrected chi connectivity index (χ3v) is 6.63. The average molecular weight is 319 g/mol. The van der Waals surface area contributed by atoms with E-state index in [9.17, 15) is 8.42 Å². The Balaban J connectivity index is 2.71. The molecule has 1 heterocycles. The molecular formula is C16H34N2O2S. The molecule has 5 heteroatoms. The Morgan fingerprint density at radius 2 is 1.90 bits per heavy atom. The van der Waals surface area contributed by atoms with E-state index in [0.717, 1.165) is 32.5 Å². The van der Waals surface area contributed by atoms with Crippen molar-refractivity contribution in [1.29, 1.82) is 0 Å². The SMILES string of the molecule is CCC1(C)CN(CCCS(=O)(=O)CC)C(C(C)(C)C)CN1. The fourth-order valence-electron chi connectivity index (χ4n) is 3.04. The molecule has 0 saturated carbocycles. The van der Waals surface area contributed by atoms with E-state index < -0.39 is 9.84 Å². The van der Waals surface area contributed by atoms with Crippen LogP contribution in [-0.2, 0) is 9.84 Å². The first-order chi connectivity index (χ1) is 9.53. The summed E-state index contributed by atoms with van der Waals surface area (Å²) in [6.45, 7) is 15.9. The van der Waals surface area contributed by atoms with Crippen LogP contribution in [0, 0.1) is 5.41 Å². The number of nitrogens with zero attached hydrogens (tertiary/aromatic N) is 1. The minimum atomic E-state index is -2.85. The van der Waals surface area contributed by atoms with Crippen LogP contribution in [0.2, 0.25) is 0 Å². The molecule has 126 valence electrons. The largest absolute Gasteiger partial charge is 0.309 e. The molecule has 0 spiro atoms. The number of sulfone groups is 1. The van der Waals surface area contributed by atoms with Gasteiger partial charge in [-0.3, -0.25) is 4.90 Å². The summed E-state index contributed by atoms with van der Waals surface area (Å²) < 4.78 is 23.3. The van der Waals surface area contributed by atoms with Crippen molar-refractivity contribution in [3.05, 3.63) is 0 Å². The zero-order valence-electron chi connectivity index (χ0n) is 14.7. The van der Waals surface area contributed by atoms with Gasteiger partial charge in [-0.25, -0.2) is 8.42 Å². The third-order valence-electron chi connectivity index (χ3n) is 4.84. The van der Waals surface area contributed by atoms with Crippen molar-refractivity contribution in [3.8, 4) is 0 Å². The first-order valence-electron chi connectivity index (χ1n) is 8.22. The highest BCUT2D eigenvalue weighted by molar-refractivity contribution is 7.91. The molecule has 1 aliphatic rings. The van der Waals surface area contributed by atoms with E-state index >= 15 is 0 Å². The Hall–Kier alpha value is -0.130. The maximum atomic E-state index is 11.7. The fourth-order valence-corrected chi connectivity index (χ4v) is 3.90. The number of rotatable bonds is 6. The van der Waals surface area contributed by atoms with Crippen molar-refractivity contribution in [2.75, 3.05) is 31.1 Å². The molecule has 0 aromatic heterocycles. The Bertz CT molecular complexity index is 428. The fraction of sp³-hybridized carbons (Fsp3) is 1.00. The smallest absolute Gasteiger partial charge is 0.150 e. The van der Waals surface area contributed by atoms with Gasteiger partial charge in [0.1, 0.15) is 9.84 Å². The lowest BCUT2D eigenvalue weighted by Gasteiger charge is -2.50. The summed E-state index contributed by atoms with van der Waals surface area (Å²) in [5, 5.41) is 3.69. The van der Waals surface area contributed by atoms with Crippen molar-refractivity contribution < 1.29 is 8.42 Å². The van der Waals surface area contributed by atoms with Crippen molar-refractivity contribution >= 4 is 9.84 Å². The van der Waals surface area contributed by atoms with Gasteiger partial charge in [-0.2, -0.15) is 0 Å². The Kier molecular flexibility index (Phi) is 6.28. The number of piperazine rings is 1. The van der Waals surface area contributed by atoms with Crippen LogP contribution < -0.4 is 5.32 Å². The van der Waals surface area contributed by atoms with E-state index in [1.165, 1.54) is 0 Å². The summed E-state index contributed by atoms with van der Waals surface area (Å²) in [7, 11) is -2.85. The summed E-state index contributed by atoms with van der Waals surface area (Å²) in [4.78, 5) is 2.51. The van der Waals surface area contributed by atoms with Crippen LogP contribution in [0.1, 0.15) is 54.4 Å². The highest BCUT2D eigenvalue weighted by Gasteiger charge is 2.39. The minimum absolute atomic E-state index is 0.144. The molecule has 0 amide bonds. The first kappa shape index (κ1) is 18.9.